The number of aromatic nitrogens is 1. The monoisotopic (exact) mass is 497 g/mol. The van der Waals surface area contributed by atoms with E-state index in [9.17, 15) is 4.79 Å². The molecule has 8 rings (SSSR count). The van der Waals surface area contributed by atoms with Crippen molar-refractivity contribution < 1.29 is 0 Å². The van der Waals surface area contributed by atoms with Gasteiger partial charge in [0.2, 0.25) is 0 Å². The first-order valence-corrected chi connectivity index (χ1v) is 13.2. The molecule has 6 aromatic carbocycles. The highest BCUT2D eigenvalue weighted by molar-refractivity contribution is 6.21. The number of nitrogens with zero attached hydrogens (tertiary/aromatic N) is 1. The van der Waals surface area contributed by atoms with Crippen molar-refractivity contribution in [1.82, 2.24) is 4.40 Å². The summed E-state index contributed by atoms with van der Waals surface area (Å²) in [6.07, 6.45) is 0. The molecule has 0 aliphatic heterocycles. The van der Waals surface area contributed by atoms with Crippen molar-refractivity contribution in [2.24, 2.45) is 0 Å². The topological polar surface area (TPSA) is 21.5 Å². The van der Waals surface area contributed by atoms with E-state index >= 15 is 0 Å². The van der Waals surface area contributed by atoms with Crippen molar-refractivity contribution >= 4 is 38.0 Å². The fourth-order valence-electron chi connectivity index (χ4n) is 6.18. The highest BCUT2D eigenvalue weighted by Crippen LogP contribution is 2.40. The Bertz CT molecular complexity index is 2210. The molecule has 2 heterocycles. The SMILES string of the molecule is O=c1c2cccc3c(-c4ccccc4)ccc(c32)c2cc3cc(-c4ccccc4)cc(-c4ccccc4)c3n12. The van der Waals surface area contributed by atoms with Crippen LogP contribution in [0.4, 0.5) is 0 Å². The number of pyridine rings is 1. The van der Waals surface area contributed by atoms with Crippen LogP contribution in [0.15, 0.2) is 144 Å². The summed E-state index contributed by atoms with van der Waals surface area (Å²) in [6, 6.07) is 48.4. The Morgan fingerprint density at radius 3 is 1.74 bits per heavy atom. The van der Waals surface area contributed by atoms with Gasteiger partial charge in [0.25, 0.3) is 5.56 Å². The third kappa shape index (κ3) is 3.25. The largest absolute Gasteiger partial charge is 0.275 e. The first-order valence-electron chi connectivity index (χ1n) is 13.2. The summed E-state index contributed by atoms with van der Waals surface area (Å²) in [7, 11) is 0. The van der Waals surface area contributed by atoms with E-state index in [-0.39, 0.29) is 5.56 Å². The maximum absolute atomic E-state index is 14.3. The van der Waals surface area contributed by atoms with Crippen LogP contribution in [0.25, 0.3) is 71.3 Å². The van der Waals surface area contributed by atoms with Crippen molar-refractivity contribution in [1.29, 1.82) is 0 Å². The van der Waals surface area contributed by atoms with E-state index < -0.39 is 0 Å². The molecule has 0 spiro atoms. The van der Waals surface area contributed by atoms with Crippen molar-refractivity contribution in [3.63, 3.8) is 0 Å². The Balaban J connectivity index is 1.54. The average Bonchev–Trinajstić information content (AvgIpc) is 3.40. The van der Waals surface area contributed by atoms with Gasteiger partial charge in [-0.25, -0.2) is 0 Å². The summed E-state index contributed by atoms with van der Waals surface area (Å²) >= 11 is 0. The highest BCUT2D eigenvalue weighted by Gasteiger charge is 2.19. The molecule has 0 aliphatic rings. The van der Waals surface area contributed by atoms with Crippen LogP contribution in [-0.2, 0) is 0 Å². The second-order valence-electron chi connectivity index (χ2n) is 10.1. The Morgan fingerprint density at radius 1 is 0.436 bits per heavy atom. The average molecular weight is 498 g/mol. The molecule has 0 atom stereocenters. The van der Waals surface area contributed by atoms with Gasteiger partial charge in [0.15, 0.2) is 0 Å². The second-order valence-corrected chi connectivity index (χ2v) is 10.1. The van der Waals surface area contributed by atoms with Gasteiger partial charge in [0.05, 0.1) is 11.0 Å². The van der Waals surface area contributed by atoms with Gasteiger partial charge >= 0.3 is 0 Å². The molecule has 0 amide bonds. The zero-order valence-electron chi connectivity index (χ0n) is 21.1. The molecular formula is C37H23NO. The van der Waals surface area contributed by atoms with Crippen molar-refractivity contribution in [3.8, 4) is 33.4 Å². The zero-order chi connectivity index (χ0) is 25.9. The maximum atomic E-state index is 14.3. The van der Waals surface area contributed by atoms with Crippen LogP contribution >= 0.6 is 0 Å². The van der Waals surface area contributed by atoms with Crippen molar-refractivity contribution in [3.05, 3.63) is 150 Å². The highest BCUT2D eigenvalue weighted by atomic mass is 16.1. The molecule has 0 N–H and O–H groups in total. The molecule has 0 aliphatic carbocycles. The normalized spacial score (nSPS) is 11.7. The number of hydrogen-bond donors (Lipinski definition) is 0. The van der Waals surface area contributed by atoms with E-state index in [1.807, 2.05) is 34.7 Å². The smallest absolute Gasteiger partial charge is 0.263 e. The molecule has 2 heteroatoms. The quantitative estimate of drug-likeness (QED) is 0.238. The summed E-state index contributed by atoms with van der Waals surface area (Å²) < 4.78 is 1.94. The molecular weight excluding hydrogens is 474 g/mol. The molecule has 0 unspecified atom stereocenters. The van der Waals surface area contributed by atoms with E-state index in [1.54, 1.807) is 0 Å². The van der Waals surface area contributed by atoms with Gasteiger partial charge in [-0.05, 0) is 57.5 Å². The fraction of sp³-hybridized carbons (Fsp3) is 0. The molecule has 2 aromatic heterocycles. The summed E-state index contributed by atoms with van der Waals surface area (Å²) in [5.41, 5.74) is 8.66. The van der Waals surface area contributed by atoms with Crippen LogP contribution in [0.3, 0.4) is 0 Å². The standard InChI is InChI=1S/C37H23NO/c39-37-32-18-10-17-30-29(25-13-6-2-7-14-25)19-20-31(35(30)32)34-23-28-21-27(24-11-4-1-5-12-24)22-33(36(28)38(34)37)26-15-8-3-9-16-26/h1-23H. The molecule has 39 heavy (non-hydrogen) atoms. The first kappa shape index (κ1) is 21.8. The van der Waals surface area contributed by atoms with Crippen LogP contribution in [0.1, 0.15) is 0 Å². The predicted molar refractivity (Wildman–Crippen MR) is 164 cm³/mol. The van der Waals surface area contributed by atoms with Gasteiger partial charge in [-0.15, -0.1) is 0 Å². The van der Waals surface area contributed by atoms with Crippen LogP contribution in [0.5, 0.6) is 0 Å². The van der Waals surface area contributed by atoms with Gasteiger partial charge in [-0.3, -0.25) is 9.20 Å². The van der Waals surface area contributed by atoms with Crippen LogP contribution < -0.4 is 5.56 Å². The molecule has 0 radical (unpaired) electrons. The van der Waals surface area contributed by atoms with Crippen LogP contribution in [0.2, 0.25) is 0 Å². The lowest BCUT2D eigenvalue weighted by atomic mass is 9.94. The van der Waals surface area contributed by atoms with E-state index in [2.05, 4.69) is 109 Å². The van der Waals surface area contributed by atoms with Gasteiger partial charge in [-0.1, -0.05) is 115 Å². The van der Waals surface area contributed by atoms with E-state index in [4.69, 9.17) is 0 Å². The number of rotatable bonds is 3. The van der Waals surface area contributed by atoms with Gasteiger partial charge in [0.1, 0.15) is 0 Å². The first-order chi connectivity index (χ1) is 19.3. The summed E-state index contributed by atoms with van der Waals surface area (Å²) in [6.45, 7) is 0. The Labute approximate surface area is 225 Å². The van der Waals surface area contributed by atoms with Crippen molar-refractivity contribution in [2.75, 3.05) is 0 Å². The van der Waals surface area contributed by atoms with E-state index in [1.165, 1.54) is 0 Å². The van der Waals surface area contributed by atoms with Gasteiger partial charge in [-0.2, -0.15) is 0 Å². The Hall–Kier alpha value is -5.21. The second kappa shape index (κ2) is 8.41. The number of fused-ring (bicyclic) bond motifs is 4. The minimum Gasteiger partial charge on any atom is -0.275 e. The van der Waals surface area contributed by atoms with Crippen molar-refractivity contribution in [2.45, 2.75) is 0 Å². The summed E-state index contributed by atoms with van der Waals surface area (Å²) in [4.78, 5) is 14.3. The molecule has 0 fully saturated rings. The minimum atomic E-state index is 0.0213. The molecule has 182 valence electrons. The molecule has 0 saturated carbocycles. The van der Waals surface area contributed by atoms with Crippen LogP contribution in [-0.4, -0.2) is 4.40 Å². The molecule has 0 bridgehead atoms. The number of benzene rings is 6. The zero-order valence-corrected chi connectivity index (χ0v) is 21.1. The lowest BCUT2D eigenvalue weighted by molar-refractivity contribution is 1.21. The van der Waals surface area contributed by atoms with Gasteiger partial charge in [0, 0.05) is 27.1 Å². The molecule has 8 aromatic rings. The van der Waals surface area contributed by atoms with E-state index in [0.717, 1.165) is 71.3 Å². The molecule has 2 nitrogen and oxygen atoms in total. The van der Waals surface area contributed by atoms with Crippen LogP contribution in [0, 0.1) is 0 Å². The summed E-state index contributed by atoms with van der Waals surface area (Å²) in [5.74, 6) is 0. The molecule has 0 saturated heterocycles. The Morgan fingerprint density at radius 2 is 1.05 bits per heavy atom. The third-order valence-corrected chi connectivity index (χ3v) is 7.92. The van der Waals surface area contributed by atoms with Gasteiger partial charge < -0.3 is 0 Å². The lowest BCUT2D eigenvalue weighted by Gasteiger charge is -2.13. The van der Waals surface area contributed by atoms with E-state index in [0.29, 0.717) is 0 Å². The fourth-order valence-corrected chi connectivity index (χ4v) is 6.18. The predicted octanol–water partition coefficient (Wildman–Crippen LogP) is 9.20. The third-order valence-electron chi connectivity index (χ3n) is 7.92. The summed E-state index contributed by atoms with van der Waals surface area (Å²) in [5, 5.41) is 5.04. The minimum absolute atomic E-state index is 0.0213. The Kier molecular flexibility index (Phi) is 4.71. The maximum Gasteiger partial charge on any atom is 0.263 e. The lowest BCUT2D eigenvalue weighted by Crippen LogP contribution is -2.13. The number of hydrogen-bond acceptors (Lipinski definition) is 1.